The van der Waals surface area contributed by atoms with E-state index in [2.05, 4.69) is 25.2 Å². The third-order valence-electron chi connectivity index (χ3n) is 2.17. The molecule has 0 saturated carbocycles. The van der Waals surface area contributed by atoms with Crippen molar-refractivity contribution < 1.29 is 4.74 Å². The van der Waals surface area contributed by atoms with Gasteiger partial charge in [0.05, 0.1) is 6.61 Å². The van der Waals surface area contributed by atoms with E-state index in [1.165, 1.54) is 5.56 Å². The van der Waals surface area contributed by atoms with Crippen LogP contribution in [-0.4, -0.2) is 19.3 Å². The quantitative estimate of drug-likeness (QED) is 0.835. The van der Waals surface area contributed by atoms with Gasteiger partial charge >= 0.3 is 0 Å². The topological polar surface area (TPSA) is 21.3 Å². The molecule has 15 heavy (non-hydrogen) atoms. The molecule has 0 radical (unpaired) electrons. The molecule has 0 atom stereocenters. The molecule has 1 N–H and O–H groups in total. The van der Waals surface area contributed by atoms with Crippen molar-refractivity contribution in [2.45, 2.75) is 25.9 Å². The first kappa shape index (κ1) is 12.5. The van der Waals surface area contributed by atoms with Crippen LogP contribution in [0.25, 0.3) is 0 Å². The van der Waals surface area contributed by atoms with E-state index in [0.29, 0.717) is 6.61 Å². The molecular weight excluding hydrogens is 210 g/mol. The molecule has 3 heteroatoms. The highest BCUT2D eigenvalue weighted by Gasteiger charge is 2.15. The summed E-state index contributed by atoms with van der Waals surface area (Å²) in [6.07, 6.45) is 0. The minimum absolute atomic E-state index is 0.0168. The zero-order valence-electron chi connectivity index (χ0n) is 9.51. The Kier molecular flexibility index (Phi) is 4.58. The van der Waals surface area contributed by atoms with Crippen LogP contribution in [0.4, 0.5) is 0 Å². The van der Waals surface area contributed by atoms with E-state index in [4.69, 9.17) is 16.3 Å². The second-order valence-corrected chi connectivity index (χ2v) is 4.74. The number of benzene rings is 1. The van der Waals surface area contributed by atoms with E-state index >= 15 is 0 Å². The van der Waals surface area contributed by atoms with Gasteiger partial charge in [-0.05, 0) is 31.5 Å². The van der Waals surface area contributed by atoms with Crippen LogP contribution in [0.1, 0.15) is 19.4 Å². The van der Waals surface area contributed by atoms with Crippen LogP contribution in [0, 0.1) is 0 Å². The summed E-state index contributed by atoms with van der Waals surface area (Å²) in [5, 5.41) is 4.20. The second-order valence-electron chi connectivity index (χ2n) is 4.30. The number of halogens is 1. The largest absolute Gasteiger partial charge is 0.383 e. The maximum absolute atomic E-state index is 5.90. The predicted octanol–water partition coefficient (Wildman–Crippen LogP) is 2.85. The molecule has 1 aromatic rings. The average molecular weight is 228 g/mol. The fourth-order valence-corrected chi connectivity index (χ4v) is 1.61. The van der Waals surface area contributed by atoms with Crippen molar-refractivity contribution in [1.82, 2.24) is 5.32 Å². The van der Waals surface area contributed by atoms with Crippen LogP contribution in [0.15, 0.2) is 24.3 Å². The van der Waals surface area contributed by atoms with Gasteiger partial charge in [0.1, 0.15) is 0 Å². The van der Waals surface area contributed by atoms with E-state index < -0.39 is 0 Å². The van der Waals surface area contributed by atoms with E-state index in [9.17, 15) is 0 Å². The Labute approximate surface area is 96.6 Å². The van der Waals surface area contributed by atoms with Crippen molar-refractivity contribution in [1.29, 1.82) is 0 Å². The molecule has 0 heterocycles. The summed E-state index contributed by atoms with van der Waals surface area (Å²) < 4.78 is 5.13. The summed E-state index contributed by atoms with van der Waals surface area (Å²) in [6, 6.07) is 7.87. The minimum Gasteiger partial charge on any atom is -0.383 e. The first-order valence-electron chi connectivity index (χ1n) is 5.02. The third kappa shape index (κ3) is 4.65. The molecule has 0 aromatic heterocycles. The molecule has 0 saturated heterocycles. The van der Waals surface area contributed by atoms with Gasteiger partial charge in [-0.2, -0.15) is 0 Å². The van der Waals surface area contributed by atoms with E-state index in [1.807, 2.05) is 18.2 Å². The number of hydrogen-bond acceptors (Lipinski definition) is 2. The van der Waals surface area contributed by atoms with Gasteiger partial charge < -0.3 is 10.1 Å². The van der Waals surface area contributed by atoms with Crippen LogP contribution in [0.2, 0.25) is 5.02 Å². The molecule has 0 aliphatic rings. The number of rotatable bonds is 5. The standard InChI is InChI=1S/C12H18ClNO/c1-12(2,9-15-3)14-8-10-5-4-6-11(13)7-10/h4-7,14H,8-9H2,1-3H3. The summed E-state index contributed by atoms with van der Waals surface area (Å²) in [7, 11) is 1.71. The minimum atomic E-state index is -0.0168. The van der Waals surface area contributed by atoms with Gasteiger partial charge in [-0.25, -0.2) is 0 Å². The first-order valence-corrected chi connectivity index (χ1v) is 5.40. The lowest BCUT2D eigenvalue weighted by Gasteiger charge is -2.25. The zero-order valence-corrected chi connectivity index (χ0v) is 10.3. The Hall–Kier alpha value is -0.570. The molecule has 2 nitrogen and oxygen atoms in total. The van der Waals surface area contributed by atoms with Crippen LogP contribution in [0.5, 0.6) is 0 Å². The van der Waals surface area contributed by atoms with E-state index in [1.54, 1.807) is 7.11 Å². The van der Waals surface area contributed by atoms with Crippen molar-refractivity contribution in [3.8, 4) is 0 Å². The molecule has 1 aromatic carbocycles. The lowest BCUT2D eigenvalue weighted by molar-refractivity contribution is 0.128. The maximum Gasteiger partial charge on any atom is 0.0639 e. The highest BCUT2D eigenvalue weighted by Crippen LogP contribution is 2.11. The highest BCUT2D eigenvalue weighted by molar-refractivity contribution is 6.30. The fourth-order valence-electron chi connectivity index (χ4n) is 1.40. The first-order chi connectivity index (χ1) is 7.03. The number of ether oxygens (including phenoxy) is 1. The van der Waals surface area contributed by atoms with Gasteiger partial charge in [0.15, 0.2) is 0 Å². The van der Waals surface area contributed by atoms with Crippen molar-refractivity contribution in [2.75, 3.05) is 13.7 Å². The van der Waals surface area contributed by atoms with Gasteiger partial charge in [-0.1, -0.05) is 23.7 Å². The maximum atomic E-state index is 5.90. The molecule has 0 amide bonds. The van der Waals surface area contributed by atoms with Gasteiger partial charge in [0.25, 0.3) is 0 Å². The Morgan fingerprint density at radius 3 is 2.73 bits per heavy atom. The smallest absolute Gasteiger partial charge is 0.0639 e. The molecular formula is C12H18ClNO. The summed E-state index contributed by atoms with van der Waals surface area (Å²) >= 11 is 5.90. The molecule has 0 aliphatic heterocycles. The molecule has 1 rings (SSSR count). The summed E-state index contributed by atoms with van der Waals surface area (Å²) in [5.74, 6) is 0. The molecule has 0 unspecified atom stereocenters. The normalized spacial score (nSPS) is 11.7. The molecule has 0 spiro atoms. The number of hydrogen-bond donors (Lipinski definition) is 1. The Balaban J connectivity index is 2.49. The van der Waals surface area contributed by atoms with Crippen LogP contribution < -0.4 is 5.32 Å². The van der Waals surface area contributed by atoms with Gasteiger partial charge in [0.2, 0.25) is 0 Å². The Bertz CT molecular complexity index is 312. The van der Waals surface area contributed by atoms with Crippen LogP contribution >= 0.6 is 11.6 Å². The highest BCUT2D eigenvalue weighted by atomic mass is 35.5. The van der Waals surface area contributed by atoms with Gasteiger partial charge in [-0.3, -0.25) is 0 Å². The SMILES string of the molecule is COCC(C)(C)NCc1cccc(Cl)c1. The Morgan fingerprint density at radius 1 is 1.40 bits per heavy atom. The van der Waals surface area contributed by atoms with Crippen molar-refractivity contribution in [3.63, 3.8) is 0 Å². The summed E-state index contributed by atoms with van der Waals surface area (Å²) in [4.78, 5) is 0. The van der Waals surface area contributed by atoms with E-state index in [-0.39, 0.29) is 5.54 Å². The van der Waals surface area contributed by atoms with Crippen molar-refractivity contribution in [3.05, 3.63) is 34.9 Å². The monoisotopic (exact) mass is 227 g/mol. The molecule has 0 fully saturated rings. The zero-order chi connectivity index (χ0) is 11.3. The summed E-state index contributed by atoms with van der Waals surface area (Å²) in [6.45, 7) is 5.71. The number of nitrogens with one attached hydrogen (secondary N) is 1. The van der Waals surface area contributed by atoms with Crippen LogP contribution in [0.3, 0.4) is 0 Å². The van der Waals surface area contributed by atoms with Gasteiger partial charge in [-0.15, -0.1) is 0 Å². The second kappa shape index (κ2) is 5.50. The number of methoxy groups -OCH3 is 1. The van der Waals surface area contributed by atoms with Crippen molar-refractivity contribution in [2.24, 2.45) is 0 Å². The molecule has 0 bridgehead atoms. The lowest BCUT2D eigenvalue weighted by atomic mass is 10.1. The van der Waals surface area contributed by atoms with Gasteiger partial charge in [0, 0.05) is 24.2 Å². The molecule has 0 aliphatic carbocycles. The summed E-state index contributed by atoms with van der Waals surface area (Å²) in [5.41, 5.74) is 1.17. The molecule has 84 valence electrons. The van der Waals surface area contributed by atoms with Crippen LogP contribution in [-0.2, 0) is 11.3 Å². The fraction of sp³-hybridized carbons (Fsp3) is 0.500. The average Bonchev–Trinajstić information content (AvgIpc) is 2.15. The predicted molar refractivity (Wildman–Crippen MR) is 64.2 cm³/mol. The van der Waals surface area contributed by atoms with Crippen molar-refractivity contribution >= 4 is 11.6 Å². The van der Waals surface area contributed by atoms with E-state index in [0.717, 1.165) is 11.6 Å². The Morgan fingerprint density at radius 2 is 2.13 bits per heavy atom. The lowest BCUT2D eigenvalue weighted by Crippen LogP contribution is -2.42. The third-order valence-corrected chi connectivity index (χ3v) is 2.40.